The maximum absolute atomic E-state index is 11.2. The number of aromatic nitrogens is 1. The van der Waals surface area contributed by atoms with Crippen LogP contribution in [0.15, 0.2) is 34.9 Å². The van der Waals surface area contributed by atoms with E-state index in [0.717, 1.165) is 18.5 Å². The van der Waals surface area contributed by atoms with Gasteiger partial charge < -0.3 is 9.52 Å². The molecule has 1 saturated heterocycles. The third-order valence-corrected chi connectivity index (χ3v) is 3.92. The lowest BCUT2D eigenvalue weighted by Gasteiger charge is -2.18. The molecule has 0 bridgehead atoms. The molecule has 3 rings (SSSR count). The third kappa shape index (κ3) is 3.09. The quantitative estimate of drug-likeness (QED) is 0.940. The minimum absolute atomic E-state index is 0.421. The monoisotopic (exact) mass is 306 g/mol. The van der Waals surface area contributed by atoms with Crippen molar-refractivity contribution in [3.63, 3.8) is 0 Å². The van der Waals surface area contributed by atoms with Crippen LogP contribution in [0.4, 0.5) is 0 Å². The van der Waals surface area contributed by atoms with Gasteiger partial charge in [0.15, 0.2) is 5.76 Å². The van der Waals surface area contributed by atoms with E-state index in [1.54, 1.807) is 18.3 Å². The van der Waals surface area contributed by atoms with Crippen LogP contribution >= 0.6 is 11.6 Å². The lowest BCUT2D eigenvalue weighted by atomic mass is 10.2. The molecule has 1 aromatic carbocycles. The molecule has 2 aromatic rings. The second kappa shape index (κ2) is 5.87. The first kappa shape index (κ1) is 14.1. The van der Waals surface area contributed by atoms with E-state index < -0.39 is 12.0 Å². The molecule has 1 aliphatic heterocycles. The molecular formula is C15H15ClN2O3. The van der Waals surface area contributed by atoms with Crippen LogP contribution in [-0.4, -0.2) is 33.5 Å². The van der Waals surface area contributed by atoms with Crippen molar-refractivity contribution in [3.05, 3.63) is 41.4 Å². The van der Waals surface area contributed by atoms with E-state index in [0.29, 0.717) is 29.6 Å². The first-order valence-corrected chi connectivity index (χ1v) is 7.19. The van der Waals surface area contributed by atoms with E-state index in [9.17, 15) is 4.79 Å². The average Bonchev–Trinajstić information content (AvgIpc) is 3.09. The minimum atomic E-state index is -0.781. The fraction of sp³-hybridized carbons (Fsp3) is 0.333. The maximum atomic E-state index is 11.2. The van der Waals surface area contributed by atoms with Crippen LogP contribution in [0.25, 0.3) is 11.3 Å². The van der Waals surface area contributed by atoms with Gasteiger partial charge in [0, 0.05) is 10.6 Å². The molecule has 1 atom stereocenters. The molecule has 1 aromatic heterocycles. The molecule has 2 heterocycles. The van der Waals surface area contributed by atoms with Crippen LogP contribution in [0.2, 0.25) is 5.02 Å². The predicted molar refractivity (Wildman–Crippen MR) is 78.0 cm³/mol. The molecule has 21 heavy (non-hydrogen) atoms. The summed E-state index contributed by atoms with van der Waals surface area (Å²) in [6.07, 6.45) is 3.23. The molecule has 0 aliphatic carbocycles. The van der Waals surface area contributed by atoms with E-state index >= 15 is 0 Å². The maximum Gasteiger partial charge on any atom is 0.320 e. The number of nitrogens with zero attached hydrogens (tertiary/aromatic N) is 2. The topological polar surface area (TPSA) is 66.6 Å². The summed E-state index contributed by atoms with van der Waals surface area (Å²) in [7, 11) is 0. The van der Waals surface area contributed by atoms with Gasteiger partial charge >= 0.3 is 5.97 Å². The van der Waals surface area contributed by atoms with Crippen LogP contribution < -0.4 is 0 Å². The summed E-state index contributed by atoms with van der Waals surface area (Å²) >= 11 is 5.85. The standard InChI is InChI=1S/C15H15ClN2O3/c16-11-5-3-10(4-6-11)13-8-17-14(21-13)9-18-7-1-2-12(18)15(19)20/h3-6,8,12H,1-2,7,9H2,(H,19,20). The van der Waals surface area contributed by atoms with Gasteiger partial charge in [0.2, 0.25) is 5.89 Å². The zero-order chi connectivity index (χ0) is 14.8. The molecule has 0 saturated carbocycles. The number of rotatable bonds is 4. The van der Waals surface area contributed by atoms with Crippen molar-refractivity contribution in [1.29, 1.82) is 0 Å². The molecule has 1 aliphatic rings. The average molecular weight is 307 g/mol. The second-order valence-corrected chi connectivity index (χ2v) is 5.53. The Morgan fingerprint density at radius 2 is 2.19 bits per heavy atom. The Labute approximate surface area is 127 Å². The summed E-state index contributed by atoms with van der Waals surface area (Å²) in [5, 5.41) is 9.83. The number of oxazole rings is 1. The fourth-order valence-electron chi connectivity index (χ4n) is 2.60. The largest absolute Gasteiger partial charge is 0.480 e. The number of carboxylic acid groups (broad SMARTS) is 1. The minimum Gasteiger partial charge on any atom is -0.480 e. The summed E-state index contributed by atoms with van der Waals surface area (Å²) in [5.74, 6) is 0.415. The smallest absolute Gasteiger partial charge is 0.320 e. The fourth-order valence-corrected chi connectivity index (χ4v) is 2.73. The predicted octanol–water partition coefficient (Wildman–Crippen LogP) is 3.04. The number of carbonyl (C=O) groups is 1. The number of hydrogen-bond acceptors (Lipinski definition) is 4. The summed E-state index contributed by atoms with van der Waals surface area (Å²) in [6.45, 7) is 1.18. The van der Waals surface area contributed by atoms with E-state index in [2.05, 4.69) is 4.98 Å². The van der Waals surface area contributed by atoms with Crippen LogP contribution in [0.3, 0.4) is 0 Å². The van der Waals surface area contributed by atoms with Crippen LogP contribution in [0, 0.1) is 0 Å². The highest BCUT2D eigenvalue weighted by Gasteiger charge is 2.31. The highest BCUT2D eigenvalue weighted by atomic mass is 35.5. The molecule has 0 amide bonds. The number of benzene rings is 1. The number of aliphatic carboxylic acids is 1. The number of halogens is 1. The van der Waals surface area contributed by atoms with Gasteiger partial charge in [0.1, 0.15) is 6.04 Å². The molecule has 6 heteroatoms. The van der Waals surface area contributed by atoms with Gasteiger partial charge in [-0.05, 0) is 43.7 Å². The van der Waals surface area contributed by atoms with Crippen LogP contribution in [-0.2, 0) is 11.3 Å². The van der Waals surface area contributed by atoms with Gasteiger partial charge in [-0.15, -0.1) is 0 Å². The van der Waals surface area contributed by atoms with Crippen LogP contribution in [0.5, 0.6) is 0 Å². The zero-order valence-corrected chi connectivity index (χ0v) is 12.1. The SMILES string of the molecule is O=C(O)C1CCCN1Cc1ncc(-c2ccc(Cl)cc2)o1. The Bertz CT molecular complexity index is 639. The summed E-state index contributed by atoms with van der Waals surface area (Å²) in [5.41, 5.74) is 0.898. The lowest BCUT2D eigenvalue weighted by molar-refractivity contribution is -0.142. The van der Waals surface area contributed by atoms with E-state index in [1.807, 2.05) is 17.0 Å². The van der Waals surface area contributed by atoms with Crippen molar-refractivity contribution in [2.75, 3.05) is 6.54 Å². The Morgan fingerprint density at radius 1 is 1.43 bits per heavy atom. The number of carboxylic acids is 1. The van der Waals surface area contributed by atoms with Crippen LogP contribution in [0.1, 0.15) is 18.7 Å². The Kier molecular flexibility index (Phi) is 3.94. The molecule has 1 fully saturated rings. The highest BCUT2D eigenvalue weighted by molar-refractivity contribution is 6.30. The Morgan fingerprint density at radius 3 is 2.90 bits per heavy atom. The zero-order valence-electron chi connectivity index (χ0n) is 11.3. The van der Waals surface area contributed by atoms with Gasteiger partial charge in [0.25, 0.3) is 0 Å². The molecule has 0 radical (unpaired) electrons. The van der Waals surface area contributed by atoms with E-state index in [1.165, 1.54) is 0 Å². The molecule has 5 nitrogen and oxygen atoms in total. The van der Waals surface area contributed by atoms with Crippen molar-refractivity contribution >= 4 is 17.6 Å². The first-order valence-electron chi connectivity index (χ1n) is 6.81. The van der Waals surface area contributed by atoms with Crippen molar-refractivity contribution in [2.45, 2.75) is 25.4 Å². The molecule has 110 valence electrons. The van der Waals surface area contributed by atoms with Crippen molar-refractivity contribution < 1.29 is 14.3 Å². The lowest BCUT2D eigenvalue weighted by Crippen LogP contribution is -2.35. The van der Waals surface area contributed by atoms with Gasteiger partial charge in [-0.25, -0.2) is 4.98 Å². The second-order valence-electron chi connectivity index (χ2n) is 5.09. The molecule has 0 spiro atoms. The molecular weight excluding hydrogens is 292 g/mol. The summed E-state index contributed by atoms with van der Waals surface area (Å²) < 4.78 is 5.71. The Balaban J connectivity index is 1.73. The van der Waals surface area contributed by atoms with Gasteiger partial charge in [0.05, 0.1) is 12.7 Å². The third-order valence-electron chi connectivity index (χ3n) is 3.67. The van der Waals surface area contributed by atoms with Crippen molar-refractivity contribution in [1.82, 2.24) is 9.88 Å². The number of likely N-dealkylation sites (tertiary alicyclic amines) is 1. The molecule has 1 N–H and O–H groups in total. The number of hydrogen-bond donors (Lipinski definition) is 1. The van der Waals surface area contributed by atoms with E-state index in [-0.39, 0.29) is 0 Å². The van der Waals surface area contributed by atoms with E-state index in [4.69, 9.17) is 21.1 Å². The van der Waals surface area contributed by atoms with Gasteiger partial charge in [-0.2, -0.15) is 0 Å². The summed E-state index contributed by atoms with van der Waals surface area (Å²) in [6, 6.07) is 6.88. The van der Waals surface area contributed by atoms with Crippen molar-refractivity contribution in [2.24, 2.45) is 0 Å². The molecule has 1 unspecified atom stereocenters. The Hall–Kier alpha value is -1.85. The summed E-state index contributed by atoms with van der Waals surface area (Å²) in [4.78, 5) is 17.3. The first-order chi connectivity index (χ1) is 10.1. The highest BCUT2D eigenvalue weighted by Crippen LogP contribution is 2.25. The van der Waals surface area contributed by atoms with Gasteiger partial charge in [-0.1, -0.05) is 11.6 Å². The normalized spacial score (nSPS) is 19.0. The van der Waals surface area contributed by atoms with Crippen molar-refractivity contribution in [3.8, 4) is 11.3 Å². The van der Waals surface area contributed by atoms with Gasteiger partial charge in [-0.3, -0.25) is 9.69 Å².